The molecule has 114 valence electrons. The molecule has 2 rings (SSSR count). The van der Waals surface area contributed by atoms with Crippen molar-refractivity contribution in [1.29, 1.82) is 0 Å². The number of carbonyl (C=O) groups excluding carboxylic acids is 1. The highest BCUT2D eigenvalue weighted by Crippen LogP contribution is 2.38. The van der Waals surface area contributed by atoms with E-state index in [9.17, 15) is 9.59 Å². The van der Waals surface area contributed by atoms with Crippen LogP contribution in [-0.2, 0) is 9.59 Å². The smallest absolute Gasteiger partial charge is 0.317 e. The van der Waals surface area contributed by atoms with Gasteiger partial charge >= 0.3 is 5.97 Å². The van der Waals surface area contributed by atoms with Gasteiger partial charge < -0.3 is 15.7 Å². The van der Waals surface area contributed by atoms with Crippen LogP contribution in [0.3, 0.4) is 0 Å². The molecule has 0 aromatic rings. The lowest BCUT2D eigenvalue weighted by Crippen LogP contribution is -2.50. The largest absolute Gasteiger partial charge is 0.480 e. The molecule has 1 saturated heterocycles. The number of nitrogens with zero attached hydrogens (tertiary/aromatic N) is 2. The second-order valence-electron chi connectivity index (χ2n) is 6.23. The van der Waals surface area contributed by atoms with E-state index >= 15 is 0 Å². The Morgan fingerprint density at radius 2 is 2.00 bits per heavy atom. The molecule has 2 fully saturated rings. The molecule has 2 atom stereocenters. The Kier molecular flexibility index (Phi) is 4.65. The first-order valence-electron chi connectivity index (χ1n) is 7.42. The fraction of sp³-hybridized carbons (Fsp3) is 0.857. The zero-order chi connectivity index (χ0) is 14.8. The molecule has 0 bridgehead atoms. The monoisotopic (exact) mass is 283 g/mol. The normalized spacial score (nSPS) is 32.1. The number of aliphatic carboxylic acids is 1. The summed E-state index contributed by atoms with van der Waals surface area (Å²) in [5, 5.41) is 8.84. The van der Waals surface area contributed by atoms with Gasteiger partial charge in [0.25, 0.3) is 0 Å². The molecule has 1 aliphatic carbocycles. The zero-order valence-corrected chi connectivity index (χ0v) is 12.2. The molecule has 1 amide bonds. The molecule has 3 N–H and O–H groups in total. The zero-order valence-electron chi connectivity index (χ0n) is 12.2. The summed E-state index contributed by atoms with van der Waals surface area (Å²) in [6.07, 6.45) is 3.62. The van der Waals surface area contributed by atoms with Crippen LogP contribution in [0.2, 0.25) is 0 Å². The quantitative estimate of drug-likeness (QED) is 0.768. The summed E-state index contributed by atoms with van der Waals surface area (Å²) in [6, 6.07) is -0.0478. The fourth-order valence-electron chi connectivity index (χ4n) is 3.34. The van der Waals surface area contributed by atoms with E-state index in [0.29, 0.717) is 19.6 Å². The van der Waals surface area contributed by atoms with Crippen LogP contribution < -0.4 is 5.73 Å². The Morgan fingerprint density at radius 3 is 2.60 bits per heavy atom. The fourth-order valence-corrected chi connectivity index (χ4v) is 3.34. The summed E-state index contributed by atoms with van der Waals surface area (Å²) in [7, 11) is 0. The topological polar surface area (TPSA) is 86.9 Å². The van der Waals surface area contributed by atoms with Crippen LogP contribution in [0, 0.1) is 5.41 Å². The van der Waals surface area contributed by atoms with Gasteiger partial charge in [-0.05, 0) is 26.2 Å². The summed E-state index contributed by atoms with van der Waals surface area (Å²) < 4.78 is 0. The van der Waals surface area contributed by atoms with Crippen molar-refractivity contribution >= 4 is 11.9 Å². The average molecular weight is 283 g/mol. The first-order valence-corrected chi connectivity index (χ1v) is 7.42. The molecule has 2 unspecified atom stereocenters. The summed E-state index contributed by atoms with van der Waals surface area (Å²) in [6.45, 7) is 4.71. The molecule has 0 aromatic heterocycles. The standard InChI is InChI=1S/C14H25N3O3/c1-14(5-2-4-11(14)15)13(20)17-7-3-6-16(8-9-17)10-12(18)19/h11H,2-10,15H2,1H3,(H,18,19). The molecule has 0 aromatic carbocycles. The summed E-state index contributed by atoms with van der Waals surface area (Å²) >= 11 is 0. The SMILES string of the molecule is CC1(C(=O)N2CCCN(CC(=O)O)CC2)CCCC1N. The minimum Gasteiger partial charge on any atom is -0.480 e. The number of nitrogens with two attached hydrogens (primary N) is 1. The van der Waals surface area contributed by atoms with Crippen molar-refractivity contribution in [3.63, 3.8) is 0 Å². The molecule has 0 radical (unpaired) electrons. The van der Waals surface area contributed by atoms with E-state index in [1.165, 1.54) is 0 Å². The van der Waals surface area contributed by atoms with Gasteiger partial charge in [-0.2, -0.15) is 0 Å². The predicted octanol–water partition coefficient (Wildman–Crippen LogP) is 0.123. The van der Waals surface area contributed by atoms with Crippen molar-refractivity contribution in [3.05, 3.63) is 0 Å². The lowest BCUT2D eigenvalue weighted by molar-refractivity contribution is -0.141. The second kappa shape index (κ2) is 6.10. The van der Waals surface area contributed by atoms with Crippen molar-refractivity contribution in [2.24, 2.45) is 11.1 Å². The molecular weight excluding hydrogens is 258 g/mol. The molecule has 6 heteroatoms. The van der Waals surface area contributed by atoms with Crippen molar-refractivity contribution in [3.8, 4) is 0 Å². The Balaban J connectivity index is 1.96. The molecule has 0 spiro atoms. The number of amides is 1. The van der Waals surface area contributed by atoms with Crippen molar-refractivity contribution in [1.82, 2.24) is 9.80 Å². The molecule has 20 heavy (non-hydrogen) atoms. The summed E-state index contributed by atoms with van der Waals surface area (Å²) in [5.74, 6) is -0.658. The van der Waals surface area contributed by atoms with Gasteiger partial charge in [0.2, 0.25) is 5.91 Å². The predicted molar refractivity (Wildman–Crippen MR) is 75.2 cm³/mol. The maximum Gasteiger partial charge on any atom is 0.317 e. The summed E-state index contributed by atoms with van der Waals surface area (Å²) in [5.41, 5.74) is 5.69. The van der Waals surface area contributed by atoms with Crippen LogP contribution >= 0.6 is 0 Å². The van der Waals surface area contributed by atoms with E-state index in [0.717, 1.165) is 32.2 Å². The Labute approximate surface area is 119 Å². The number of hydrogen-bond donors (Lipinski definition) is 2. The number of carboxylic acids is 1. The first-order chi connectivity index (χ1) is 9.43. The van der Waals surface area contributed by atoms with Gasteiger partial charge in [0.15, 0.2) is 0 Å². The van der Waals surface area contributed by atoms with E-state index in [1.54, 1.807) is 0 Å². The molecule has 1 aliphatic heterocycles. The van der Waals surface area contributed by atoms with Crippen molar-refractivity contribution in [2.75, 3.05) is 32.7 Å². The first kappa shape index (κ1) is 15.3. The highest BCUT2D eigenvalue weighted by molar-refractivity contribution is 5.83. The maximum atomic E-state index is 12.7. The Hall–Kier alpha value is -1.14. The van der Waals surface area contributed by atoms with Crippen molar-refractivity contribution in [2.45, 2.75) is 38.6 Å². The van der Waals surface area contributed by atoms with E-state index in [2.05, 4.69) is 0 Å². The maximum absolute atomic E-state index is 12.7. The van der Waals surface area contributed by atoms with Crippen LogP contribution in [0.25, 0.3) is 0 Å². The van der Waals surface area contributed by atoms with Gasteiger partial charge in [-0.15, -0.1) is 0 Å². The number of carboxylic acid groups (broad SMARTS) is 1. The van der Waals surface area contributed by atoms with E-state index in [4.69, 9.17) is 10.8 Å². The summed E-state index contributed by atoms with van der Waals surface area (Å²) in [4.78, 5) is 27.3. The molecule has 1 heterocycles. The highest BCUT2D eigenvalue weighted by Gasteiger charge is 2.45. The Bertz CT molecular complexity index is 388. The third-order valence-corrected chi connectivity index (χ3v) is 4.75. The number of rotatable bonds is 3. The van der Waals surface area contributed by atoms with Crippen LogP contribution in [0.4, 0.5) is 0 Å². The lowest BCUT2D eigenvalue weighted by Gasteiger charge is -2.34. The minimum absolute atomic E-state index is 0.0478. The average Bonchev–Trinajstić information content (AvgIpc) is 2.61. The molecular formula is C14H25N3O3. The number of hydrogen-bond acceptors (Lipinski definition) is 4. The lowest BCUT2D eigenvalue weighted by atomic mass is 9.83. The van der Waals surface area contributed by atoms with Gasteiger partial charge in [0, 0.05) is 32.2 Å². The van der Waals surface area contributed by atoms with E-state index in [1.807, 2.05) is 16.7 Å². The molecule has 2 aliphatic rings. The number of carbonyl (C=O) groups is 2. The van der Waals surface area contributed by atoms with Crippen LogP contribution in [0.1, 0.15) is 32.6 Å². The van der Waals surface area contributed by atoms with E-state index in [-0.39, 0.29) is 18.5 Å². The Morgan fingerprint density at radius 1 is 1.25 bits per heavy atom. The third-order valence-electron chi connectivity index (χ3n) is 4.75. The highest BCUT2D eigenvalue weighted by atomic mass is 16.4. The molecule has 1 saturated carbocycles. The van der Waals surface area contributed by atoms with Gasteiger partial charge in [0.05, 0.1) is 12.0 Å². The van der Waals surface area contributed by atoms with Gasteiger partial charge in [-0.3, -0.25) is 14.5 Å². The van der Waals surface area contributed by atoms with Crippen molar-refractivity contribution < 1.29 is 14.7 Å². The van der Waals surface area contributed by atoms with Crippen LogP contribution in [-0.4, -0.2) is 65.5 Å². The van der Waals surface area contributed by atoms with Gasteiger partial charge in [0.1, 0.15) is 0 Å². The van der Waals surface area contributed by atoms with Gasteiger partial charge in [-0.1, -0.05) is 6.42 Å². The van der Waals surface area contributed by atoms with Crippen LogP contribution in [0.5, 0.6) is 0 Å². The van der Waals surface area contributed by atoms with Crippen LogP contribution in [0.15, 0.2) is 0 Å². The third kappa shape index (κ3) is 3.12. The second-order valence-corrected chi connectivity index (χ2v) is 6.23. The van der Waals surface area contributed by atoms with Gasteiger partial charge in [-0.25, -0.2) is 0 Å². The molecule has 6 nitrogen and oxygen atoms in total. The van der Waals surface area contributed by atoms with E-state index < -0.39 is 11.4 Å². The minimum atomic E-state index is -0.811.